The molecular weight excluding hydrogens is 194 g/mol. The summed E-state index contributed by atoms with van der Waals surface area (Å²) in [7, 11) is 0. The van der Waals surface area contributed by atoms with Gasteiger partial charge in [0.15, 0.2) is 5.96 Å². The van der Waals surface area contributed by atoms with Crippen molar-refractivity contribution < 1.29 is 4.79 Å². The number of carbonyl (C=O) groups is 1. The van der Waals surface area contributed by atoms with E-state index in [0.717, 1.165) is 6.54 Å². The van der Waals surface area contributed by atoms with Crippen LogP contribution in [-0.4, -0.2) is 43.1 Å². The zero-order valence-corrected chi connectivity index (χ0v) is 7.99. The molecule has 1 heterocycles. The van der Waals surface area contributed by atoms with Crippen molar-refractivity contribution >= 4 is 24.4 Å². The highest BCUT2D eigenvalue weighted by Crippen LogP contribution is 1.93. The number of nitrogens with zero attached hydrogens (tertiary/aromatic N) is 1. The average Bonchev–Trinajstić information content (AvgIpc) is 2.36. The summed E-state index contributed by atoms with van der Waals surface area (Å²) in [4.78, 5) is 12.6. The summed E-state index contributed by atoms with van der Waals surface area (Å²) in [5.74, 6) is -0.0606. The number of hydrogen-bond acceptors (Lipinski definition) is 2. The summed E-state index contributed by atoms with van der Waals surface area (Å²) in [6, 6.07) is -0.0413. The molecule has 5 N–H and O–H groups in total. The Morgan fingerprint density at radius 1 is 1.77 bits per heavy atom. The van der Waals surface area contributed by atoms with Gasteiger partial charge in [0.05, 0.1) is 0 Å². The fourth-order valence-corrected chi connectivity index (χ4v) is 1.05. The van der Waals surface area contributed by atoms with Crippen molar-refractivity contribution in [3.63, 3.8) is 0 Å². The molecule has 0 atom stereocenters. The van der Waals surface area contributed by atoms with E-state index in [2.05, 4.69) is 10.6 Å². The summed E-state index contributed by atoms with van der Waals surface area (Å²) in [6.45, 7) is 2.56. The van der Waals surface area contributed by atoms with Crippen molar-refractivity contribution in [2.24, 2.45) is 5.73 Å². The second-order valence-electron chi connectivity index (χ2n) is 2.56. The predicted molar refractivity (Wildman–Crippen MR) is 52.1 cm³/mol. The first-order chi connectivity index (χ1) is 5.70. The van der Waals surface area contributed by atoms with Gasteiger partial charge in [-0.1, -0.05) is 0 Å². The summed E-state index contributed by atoms with van der Waals surface area (Å²) in [5, 5.41) is 12.2. The van der Waals surface area contributed by atoms with Crippen LogP contribution in [0.15, 0.2) is 0 Å². The van der Waals surface area contributed by atoms with Crippen LogP contribution < -0.4 is 16.4 Å². The molecule has 7 heteroatoms. The smallest absolute Gasteiger partial charge is 0.317 e. The van der Waals surface area contributed by atoms with E-state index < -0.39 is 0 Å². The SMILES string of the molecule is Cl.N=C(N)NCCN1CCNC1=O. The van der Waals surface area contributed by atoms with Gasteiger partial charge < -0.3 is 21.3 Å². The molecule has 1 aliphatic heterocycles. The van der Waals surface area contributed by atoms with Crippen LogP contribution in [0, 0.1) is 5.41 Å². The van der Waals surface area contributed by atoms with Gasteiger partial charge in [-0.2, -0.15) is 0 Å². The first-order valence-electron chi connectivity index (χ1n) is 3.81. The van der Waals surface area contributed by atoms with Crippen LogP contribution in [-0.2, 0) is 0 Å². The van der Waals surface area contributed by atoms with Crippen LogP contribution in [0.2, 0.25) is 0 Å². The topological polar surface area (TPSA) is 94.2 Å². The van der Waals surface area contributed by atoms with Gasteiger partial charge in [-0.15, -0.1) is 12.4 Å². The molecule has 1 fully saturated rings. The van der Waals surface area contributed by atoms with Crippen LogP contribution in [0.4, 0.5) is 4.79 Å². The Balaban J connectivity index is 0.00000144. The van der Waals surface area contributed by atoms with Gasteiger partial charge in [-0.3, -0.25) is 5.41 Å². The van der Waals surface area contributed by atoms with Crippen LogP contribution in [0.5, 0.6) is 0 Å². The number of halogens is 1. The molecule has 13 heavy (non-hydrogen) atoms. The molecule has 0 saturated carbocycles. The average molecular weight is 208 g/mol. The largest absolute Gasteiger partial charge is 0.370 e. The van der Waals surface area contributed by atoms with E-state index in [9.17, 15) is 4.79 Å². The minimum atomic E-state index is -0.0606. The van der Waals surface area contributed by atoms with Crippen LogP contribution >= 0.6 is 12.4 Å². The molecule has 0 aromatic rings. The van der Waals surface area contributed by atoms with Gasteiger partial charge >= 0.3 is 6.03 Å². The number of guanidine groups is 1. The number of hydrogen-bond donors (Lipinski definition) is 4. The van der Waals surface area contributed by atoms with Gasteiger partial charge in [-0.05, 0) is 0 Å². The highest BCUT2D eigenvalue weighted by Gasteiger charge is 2.17. The third-order valence-corrected chi connectivity index (χ3v) is 1.64. The van der Waals surface area contributed by atoms with Crippen molar-refractivity contribution in [2.75, 3.05) is 26.2 Å². The maximum atomic E-state index is 11.0. The Hall–Kier alpha value is -1.17. The Labute approximate surface area is 82.8 Å². The molecule has 0 unspecified atom stereocenters. The van der Waals surface area contributed by atoms with Crippen molar-refractivity contribution in [3.8, 4) is 0 Å². The standard InChI is InChI=1S/C6H13N5O.ClH/c7-5(8)9-1-3-11-4-2-10-6(11)12;/h1-4H2,(H,10,12)(H4,7,8,9);1H. The zero-order valence-electron chi connectivity index (χ0n) is 7.17. The molecule has 0 aromatic carbocycles. The van der Waals surface area contributed by atoms with Gasteiger partial charge in [0, 0.05) is 26.2 Å². The summed E-state index contributed by atoms with van der Waals surface area (Å²) in [6.07, 6.45) is 0. The number of carbonyl (C=O) groups excluding carboxylic acids is 1. The third-order valence-electron chi connectivity index (χ3n) is 1.64. The van der Waals surface area contributed by atoms with Crippen molar-refractivity contribution in [3.05, 3.63) is 0 Å². The van der Waals surface area contributed by atoms with Crippen LogP contribution in [0.1, 0.15) is 0 Å². The Morgan fingerprint density at radius 2 is 2.46 bits per heavy atom. The maximum Gasteiger partial charge on any atom is 0.317 e. The first-order valence-corrected chi connectivity index (χ1v) is 3.81. The Morgan fingerprint density at radius 3 is 2.92 bits per heavy atom. The first kappa shape index (κ1) is 11.8. The lowest BCUT2D eigenvalue weighted by Crippen LogP contribution is -2.39. The summed E-state index contributed by atoms with van der Waals surface area (Å²) >= 11 is 0. The van der Waals surface area contributed by atoms with E-state index in [-0.39, 0.29) is 24.4 Å². The molecule has 0 spiro atoms. The Kier molecular flexibility index (Phi) is 4.98. The zero-order chi connectivity index (χ0) is 8.97. The van der Waals surface area contributed by atoms with Crippen molar-refractivity contribution in [1.82, 2.24) is 15.5 Å². The monoisotopic (exact) mass is 207 g/mol. The molecule has 1 aliphatic rings. The number of urea groups is 1. The molecular formula is C6H14ClN5O. The molecule has 1 rings (SSSR count). The molecule has 0 aromatic heterocycles. The normalized spacial score (nSPS) is 14.8. The minimum absolute atomic E-state index is 0. The number of nitrogens with two attached hydrogens (primary N) is 1. The second kappa shape index (κ2) is 5.47. The van der Waals surface area contributed by atoms with E-state index in [0.29, 0.717) is 19.6 Å². The lowest BCUT2D eigenvalue weighted by molar-refractivity contribution is 0.218. The highest BCUT2D eigenvalue weighted by atomic mass is 35.5. The van der Waals surface area contributed by atoms with E-state index in [4.69, 9.17) is 11.1 Å². The molecule has 0 aliphatic carbocycles. The van der Waals surface area contributed by atoms with E-state index in [1.54, 1.807) is 4.90 Å². The highest BCUT2D eigenvalue weighted by molar-refractivity contribution is 5.85. The number of amides is 2. The van der Waals surface area contributed by atoms with Gasteiger partial charge in [0.1, 0.15) is 0 Å². The fraction of sp³-hybridized carbons (Fsp3) is 0.667. The summed E-state index contributed by atoms with van der Waals surface area (Å²) in [5.41, 5.74) is 5.06. The van der Waals surface area contributed by atoms with E-state index >= 15 is 0 Å². The van der Waals surface area contributed by atoms with Gasteiger partial charge in [-0.25, -0.2) is 4.79 Å². The van der Waals surface area contributed by atoms with E-state index in [1.807, 2.05) is 0 Å². The molecule has 0 radical (unpaired) electrons. The molecule has 1 saturated heterocycles. The van der Waals surface area contributed by atoms with E-state index in [1.165, 1.54) is 0 Å². The number of rotatable bonds is 3. The van der Waals surface area contributed by atoms with Crippen LogP contribution in [0.3, 0.4) is 0 Å². The Bertz CT molecular complexity index is 197. The predicted octanol–water partition coefficient (Wildman–Crippen LogP) is -1.08. The number of nitrogens with one attached hydrogen (secondary N) is 3. The molecule has 0 bridgehead atoms. The maximum absolute atomic E-state index is 11.0. The van der Waals surface area contributed by atoms with Crippen molar-refractivity contribution in [1.29, 1.82) is 5.41 Å². The minimum Gasteiger partial charge on any atom is -0.370 e. The molecule has 76 valence electrons. The summed E-state index contributed by atoms with van der Waals surface area (Å²) < 4.78 is 0. The molecule has 2 amide bonds. The lowest BCUT2D eigenvalue weighted by atomic mass is 10.5. The third kappa shape index (κ3) is 3.84. The van der Waals surface area contributed by atoms with Crippen molar-refractivity contribution in [2.45, 2.75) is 0 Å². The fourth-order valence-electron chi connectivity index (χ4n) is 1.05. The van der Waals surface area contributed by atoms with Gasteiger partial charge in [0.2, 0.25) is 0 Å². The molecule has 6 nitrogen and oxygen atoms in total. The second-order valence-corrected chi connectivity index (χ2v) is 2.56. The quantitative estimate of drug-likeness (QED) is 0.350. The van der Waals surface area contributed by atoms with Gasteiger partial charge in [0.25, 0.3) is 0 Å². The lowest BCUT2D eigenvalue weighted by Gasteiger charge is -2.13. The van der Waals surface area contributed by atoms with Crippen LogP contribution in [0.25, 0.3) is 0 Å².